The lowest BCUT2D eigenvalue weighted by atomic mass is 9.68. The topological polar surface area (TPSA) is 53.9 Å². The van der Waals surface area contributed by atoms with Crippen LogP contribution in [0.25, 0.3) is 0 Å². The van der Waals surface area contributed by atoms with E-state index in [4.69, 9.17) is 4.74 Å². The Kier molecular flexibility index (Phi) is 5.07. The van der Waals surface area contributed by atoms with Crippen LogP contribution in [0.5, 0.6) is 0 Å². The first-order valence-corrected chi connectivity index (χ1v) is 8.79. The standard InChI is InChI=1S/C19H27N3O2/c1-20-18(22-13-11-19(14-22)9-3-10-19)21-12-8-15-4-6-16(7-5-15)17(23)24-2/h4-7H,3,8-14H2,1-2H3,(H,20,21). The molecule has 5 heteroatoms. The predicted molar refractivity (Wildman–Crippen MR) is 95.3 cm³/mol. The number of guanidine groups is 1. The molecule has 1 saturated carbocycles. The molecule has 1 spiro atoms. The molecule has 1 N–H and O–H groups in total. The van der Waals surface area contributed by atoms with Crippen molar-refractivity contribution in [3.05, 3.63) is 35.4 Å². The number of hydrogen-bond acceptors (Lipinski definition) is 3. The summed E-state index contributed by atoms with van der Waals surface area (Å²) in [7, 11) is 3.26. The summed E-state index contributed by atoms with van der Waals surface area (Å²) in [5.41, 5.74) is 2.37. The fraction of sp³-hybridized carbons (Fsp3) is 0.579. The largest absolute Gasteiger partial charge is 0.465 e. The van der Waals surface area contributed by atoms with Crippen molar-refractivity contribution in [2.24, 2.45) is 10.4 Å². The van der Waals surface area contributed by atoms with Gasteiger partial charge in [0.15, 0.2) is 5.96 Å². The average Bonchev–Trinajstić information content (AvgIpc) is 3.04. The number of benzene rings is 1. The lowest BCUT2D eigenvalue weighted by Crippen LogP contribution is -2.43. The summed E-state index contributed by atoms with van der Waals surface area (Å²) in [5.74, 6) is 0.726. The monoisotopic (exact) mass is 329 g/mol. The van der Waals surface area contributed by atoms with Gasteiger partial charge < -0.3 is 15.0 Å². The number of nitrogens with zero attached hydrogens (tertiary/aromatic N) is 2. The normalized spacial score (nSPS) is 19.2. The lowest BCUT2D eigenvalue weighted by molar-refractivity contribution is 0.0600. The fourth-order valence-electron chi connectivity index (χ4n) is 3.78. The van der Waals surface area contributed by atoms with Crippen molar-refractivity contribution < 1.29 is 9.53 Å². The summed E-state index contributed by atoms with van der Waals surface area (Å²) < 4.78 is 4.72. The van der Waals surface area contributed by atoms with E-state index in [0.717, 1.165) is 32.0 Å². The van der Waals surface area contributed by atoms with E-state index >= 15 is 0 Å². The minimum Gasteiger partial charge on any atom is -0.465 e. The maximum atomic E-state index is 11.4. The number of ether oxygens (including phenoxy) is 1. The molecule has 0 radical (unpaired) electrons. The van der Waals surface area contributed by atoms with Gasteiger partial charge >= 0.3 is 5.97 Å². The second-order valence-electron chi connectivity index (χ2n) is 6.94. The summed E-state index contributed by atoms with van der Waals surface area (Å²) >= 11 is 0. The molecule has 1 saturated heterocycles. The third kappa shape index (κ3) is 3.55. The molecule has 0 atom stereocenters. The van der Waals surface area contributed by atoms with Gasteiger partial charge in [-0.15, -0.1) is 0 Å². The van der Waals surface area contributed by atoms with Crippen LogP contribution in [0.15, 0.2) is 29.3 Å². The van der Waals surface area contributed by atoms with Gasteiger partial charge in [0.25, 0.3) is 0 Å². The minimum atomic E-state index is -0.293. The van der Waals surface area contributed by atoms with Crippen molar-refractivity contribution in [3.8, 4) is 0 Å². The first-order valence-electron chi connectivity index (χ1n) is 8.79. The van der Waals surface area contributed by atoms with Crippen molar-refractivity contribution in [1.82, 2.24) is 10.2 Å². The first-order chi connectivity index (χ1) is 11.7. The lowest BCUT2D eigenvalue weighted by Gasteiger charge is -2.38. The van der Waals surface area contributed by atoms with Crippen LogP contribution in [-0.4, -0.2) is 50.6 Å². The molecule has 1 aliphatic carbocycles. The summed E-state index contributed by atoms with van der Waals surface area (Å²) in [6.45, 7) is 3.11. The molecule has 1 aliphatic heterocycles. The molecule has 3 rings (SSSR count). The highest BCUT2D eigenvalue weighted by molar-refractivity contribution is 5.89. The Hall–Kier alpha value is -2.04. The number of likely N-dealkylation sites (tertiary alicyclic amines) is 1. The Morgan fingerprint density at radius 1 is 1.29 bits per heavy atom. The molecule has 1 aromatic carbocycles. The van der Waals surface area contributed by atoms with Crippen molar-refractivity contribution in [1.29, 1.82) is 0 Å². The van der Waals surface area contributed by atoms with Crippen LogP contribution in [0, 0.1) is 5.41 Å². The van der Waals surface area contributed by atoms with Crippen molar-refractivity contribution in [3.63, 3.8) is 0 Å². The van der Waals surface area contributed by atoms with E-state index in [1.807, 2.05) is 31.3 Å². The third-order valence-electron chi connectivity index (χ3n) is 5.44. The van der Waals surface area contributed by atoms with Crippen LogP contribution in [0.1, 0.15) is 41.6 Å². The average molecular weight is 329 g/mol. The molecule has 24 heavy (non-hydrogen) atoms. The number of methoxy groups -OCH3 is 1. The summed E-state index contributed by atoms with van der Waals surface area (Å²) in [5, 5.41) is 3.48. The Morgan fingerprint density at radius 3 is 2.58 bits per heavy atom. The van der Waals surface area contributed by atoms with E-state index in [0.29, 0.717) is 11.0 Å². The predicted octanol–water partition coefficient (Wildman–Crippen LogP) is 2.47. The quantitative estimate of drug-likeness (QED) is 0.524. The molecule has 130 valence electrons. The zero-order valence-electron chi connectivity index (χ0n) is 14.7. The Morgan fingerprint density at radius 2 is 2.04 bits per heavy atom. The number of hydrogen-bond donors (Lipinski definition) is 1. The van der Waals surface area contributed by atoms with Gasteiger partial charge in [-0.3, -0.25) is 4.99 Å². The second-order valence-corrected chi connectivity index (χ2v) is 6.94. The smallest absolute Gasteiger partial charge is 0.337 e. The number of rotatable bonds is 4. The Labute approximate surface area is 144 Å². The van der Waals surface area contributed by atoms with Crippen molar-refractivity contribution >= 4 is 11.9 Å². The molecule has 0 amide bonds. The van der Waals surface area contributed by atoms with Crippen molar-refractivity contribution in [2.75, 3.05) is 33.8 Å². The van der Waals surface area contributed by atoms with Gasteiger partial charge in [0.1, 0.15) is 0 Å². The molecular formula is C19H27N3O2. The van der Waals surface area contributed by atoms with Crippen LogP contribution in [0.3, 0.4) is 0 Å². The highest BCUT2D eigenvalue weighted by Gasteiger charge is 2.43. The summed E-state index contributed by atoms with van der Waals surface area (Å²) in [6, 6.07) is 7.60. The van der Waals surface area contributed by atoms with E-state index in [9.17, 15) is 4.79 Å². The maximum absolute atomic E-state index is 11.4. The molecule has 5 nitrogen and oxygen atoms in total. The molecule has 2 aliphatic rings. The van der Waals surface area contributed by atoms with Crippen LogP contribution >= 0.6 is 0 Å². The fourth-order valence-corrected chi connectivity index (χ4v) is 3.78. The molecule has 1 heterocycles. The molecule has 2 fully saturated rings. The minimum absolute atomic E-state index is 0.293. The zero-order valence-corrected chi connectivity index (χ0v) is 14.7. The molecule has 0 unspecified atom stereocenters. The Bertz CT molecular complexity index is 606. The van der Waals surface area contributed by atoms with E-state index in [1.165, 1.54) is 38.4 Å². The van der Waals surface area contributed by atoms with Gasteiger partial charge in [-0.1, -0.05) is 18.6 Å². The molecule has 0 aromatic heterocycles. The molecular weight excluding hydrogens is 302 g/mol. The first kappa shape index (κ1) is 16.8. The van der Waals surface area contributed by atoms with E-state index in [2.05, 4.69) is 15.2 Å². The number of nitrogens with one attached hydrogen (secondary N) is 1. The highest BCUT2D eigenvalue weighted by Crippen LogP contribution is 2.47. The van der Waals surface area contributed by atoms with Gasteiger partial charge in [0, 0.05) is 26.7 Å². The summed E-state index contributed by atoms with van der Waals surface area (Å²) in [6.07, 6.45) is 6.36. The van der Waals surface area contributed by atoms with Gasteiger partial charge in [-0.05, 0) is 48.8 Å². The molecule has 1 aromatic rings. The van der Waals surface area contributed by atoms with E-state index < -0.39 is 0 Å². The van der Waals surface area contributed by atoms with Gasteiger partial charge in [-0.25, -0.2) is 4.79 Å². The third-order valence-corrected chi connectivity index (χ3v) is 5.44. The zero-order chi connectivity index (χ0) is 17.0. The van der Waals surface area contributed by atoms with Gasteiger partial charge in [0.2, 0.25) is 0 Å². The second kappa shape index (κ2) is 7.24. The SMILES string of the molecule is CN=C(NCCc1ccc(C(=O)OC)cc1)N1CCC2(CCC2)C1. The van der Waals surface area contributed by atoms with Crippen LogP contribution in [0.4, 0.5) is 0 Å². The number of carbonyl (C=O) groups excluding carboxylic acids is 1. The van der Waals surface area contributed by atoms with Crippen molar-refractivity contribution in [2.45, 2.75) is 32.1 Å². The number of carbonyl (C=O) groups is 1. The number of aliphatic imine (C=N–C) groups is 1. The maximum Gasteiger partial charge on any atom is 0.337 e. The van der Waals surface area contributed by atoms with Crippen LogP contribution in [-0.2, 0) is 11.2 Å². The number of esters is 1. The highest BCUT2D eigenvalue weighted by atomic mass is 16.5. The van der Waals surface area contributed by atoms with Gasteiger partial charge in [-0.2, -0.15) is 0 Å². The molecule has 0 bridgehead atoms. The van der Waals surface area contributed by atoms with E-state index in [-0.39, 0.29) is 5.97 Å². The van der Waals surface area contributed by atoms with Gasteiger partial charge in [0.05, 0.1) is 12.7 Å². The summed E-state index contributed by atoms with van der Waals surface area (Å²) in [4.78, 5) is 18.3. The van der Waals surface area contributed by atoms with Crippen LogP contribution < -0.4 is 5.32 Å². The van der Waals surface area contributed by atoms with Crippen LogP contribution in [0.2, 0.25) is 0 Å². The van der Waals surface area contributed by atoms with E-state index in [1.54, 1.807) is 0 Å². The Balaban J connectivity index is 1.47.